The van der Waals surface area contributed by atoms with Crippen LogP contribution in [0, 0.1) is 23.7 Å². The molecule has 23 heavy (non-hydrogen) atoms. The molecule has 3 nitrogen and oxygen atoms in total. The molecule has 3 unspecified atom stereocenters. The minimum absolute atomic E-state index is 0.129. The second-order valence-corrected chi connectivity index (χ2v) is 6.72. The summed E-state index contributed by atoms with van der Waals surface area (Å²) in [5, 5.41) is 0.527. The third-order valence-corrected chi connectivity index (χ3v) is 5.17. The van der Waals surface area contributed by atoms with Crippen molar-refractivity contribution >= 4 is 17.4 Å². The molecule has 3 atom stereocenters. The van der Waals surface area contributed by atoms with Gasteiger partial charge in [-0.3, -0.25) is 4.79 Å². The number of ketones is 1. The first-order chi connectivity index (χ1) is 11.1. The fourth-order valence-electron chi connectivity index (χ4n) is 3.75. The molecule has 122 valence electrons. The topological polar surface area (TPSA) is 35.5 Å². The average Bonchev–Trinajstić information content (AvgIpc) is 3.01. The summed E-state index contributed by atoms with van der Waals surface area (Å²) in [5.41, 5.74) is 1.53. The molecule has 1 aliphatic heterocycles. The molecule has 0 amide bonds. The second kappa shape index (κ2) is 6.95. The minimum atomic E-state index is -0.356. The molecular formula is C19H21ClO3. The van der Waals surface area contributed by atoms with E-state index in [-0.39, 0.29) is 17.6 Å². The molecular weight excluding hydrogens is 312 g/mol. The first-order valence-corrected chi connectivity index (χ1v) is 8.43. The largest absolute Gasteiger partial charge is 0.496 e. The van der Waals surface area contributed by atoms with Crippen LogP contribution in [0.1, 0.15) is 43.2 Å². The van der Waals surface area contributed by atoms with Crippen LogP contribution in [-0.4, -0.2) is 26.1 Å². The lowest BCUT2D eigenvalue weighted by Gasteiger charge is -2.25. The minimum Gasteiger partial charge on any atom is -0.496 e. The number of carbonyl (C=O) groups is 1. The molecule has 1 aromatic carbocycles. The zero-order chi connectivity index (χ0) is 16.4. The summed E-state index contributed by atoms with van der Waals surface area (Å²) >= 11 is 6.49. The highest BCUT2D eigenvalue weighted by Gasteiger charge is 2.38. The van der Waals surface area contributed by atoms with Gasteiger partial charge in [0.05, 0.1) is 19.6 Å². The number of hydrogen-bond donors (Lipinski definition) is 0. The molecule has 1 heterocycles. The lowest BCUT2D eigenvalue weighted by atomic mass is 9.85. The maximum Gasteiger partial charge on any atom is 0.145 e. The molecule has 1 saturated carbocycles. The van der Waals surface area contributed by atoms with E-state index in [2.05, 4.69) is 11.8 Å². The van der Waals surface area contributed by atoms with Gasteiger partial charge in [0.25, 0.3) is 0 Å². The number of methoxy groups -OCH3 is 1. The first kappa shape index (κ1) is 16.4. The van der Waals surface area contributed by atoms with E-state index in [1.807, 2.05) is 6.07 Å². The third-order valence-electron chi connectivity index (χ3n) is 4.85. The Bertz CT molecular complexity index is 671. The van der Waals surface area contributed by atoms with E-state index in [0.29, 0.717) is 23.3 Å². The molecule has 1 aromatic rings. The van der Waals surface area contributed by atoms with Crippen molar-refractivity contribution in [2.75, 3.05) is 20.3 Å². The van der Waals surface area contributed by atoms with E-state index in [1.54, 1.807) is 20.1 Å². The van der Waals surface area contributed by atoms with Crippen molar-refractivity contribution in [2.45, 2.75) is 32.1 Å². The van der Waals surface area contributed by atoms with E-state index >= 15 is 0 Å². The first-order valence-electron chi connectivity index (χ1n) is 8.05. The zero-order valence-electron chi connectivity index (χ0n) is 13.5. The van der Waals surface area contributed by atoms with E-state index in [9.17, 15) is 4.79 Å². The van der Waals surface area contributed by atoms with Crippen LogP contribution in [0.25, 0.3) is 0 Å². The summed E-state index contributed by atoms with van der Waals surface area (Å²) in [6.07, 6.45) is 2.98. The van der Waals surface area contributed by atoms with Crippen molar-refractivity contribution in [3.63, 3.8) is 0 Å². The lowest BCUT2D eigenvalue weighted by Crippen LogP contribution is -2.28. The molecule has 0 N–H and O–H groups in total. The van der Waals surface area contributed by atoms with Gasteiger partial charge in [0, 0.05) is 28.7 Å². The van der Waals surface area contributed by atoms with Crippen LogP contribution in [0.15, 0.2) is 12.1 Å². The molecule has 4 heteroatoms. The molecule has 0 radical (unpaired) electrons. The van der Waals surface area contributed by atoms with Crippen molar-refractivity contribution in [1.82, 2.24) is 0 Å². The summed E-state index contributed by atoms with van der Waals surface area (Å²) < 4.78 is 11.3. The quantitative estimate of drug-likeness (QED) is 0.772. The third kappa shape index (κ3) is 3.24. The maximum absolute atomic E-state index is 13.0. The Balaban J connectivity index is 2.01. The van der Waals surface area contributed by atoms with Gasteiger partial charge in [0.2, 0.25) is 0 Å². The smallest absolute Gasteiger partial charge is 0.145 e. The Kier molecular flexibility index (Phi) is 4.94. The predicted molar refractivity (Wildman–Crippen MR) is 90.0 cm³/mol. The normalized spacial score (nSPS) is 26.9. The number of ether oxygens (including phenoxy) is 2. The summed E-state index contributed by atoms with van der Waals surface area (Å²) in [7, 11) is 1.60. The number of hydrogen-bond acceptors (Lipinski definition) is 3. The molecule has 0 spiro atoms. The Morgan fingerprint density at radius 3 is 2.87 bits per heavy atom. The fourth-order valence-corrected chi connectivity index (χ4v) is 4.09. The Labute approximate surface area is 142 Å². The summed E-state index contributed by atoms with van der Waals surface area (Å²) in [6.45, 7) is 2.89. The van der Waals surface area contributed by atoms with Crippen LogP contribution in [0.2, 0.25) is 5.02 Å². The van der Waals surface area contributed by atoms with E-state index in [1.165, 1.54) is 0 Å². The highest BCUT2D eigenvalue weighted by molar-refractivity contribution is 6.32. The Hall–Kier alpha value is -1.50. The molecule has 1 saturated heterocycles. The van der Waals surface area contributed by atoms with Gasteiger partial charge in [0.15, 0.2) is 0 Å². The van der Waals surface area contributed by atoms with Crippen molar-refractivity contribution in [1.29, 1.82) is 0 Å². The van der Waals surface area contributed by atoms with Crippen LogP contribution in [0.4, 0.5) is 0 Å². The fraction of sp³-hybridized carbons (Fsp3) is 0.526. The Morgan fingerprint density at radius 1 is 1.30 bits per heavy atom. The monoisotopic (exact) mass is 332 g/mol. The van der Waals surface area contributed by atoms with Gasteiger partial charge in [0.1, 0.15) is 11.5 Å². The number of carbonyl (C=O) groups excluding carboxylic acids is 1. The van der Waals surface area contributed by atoms with E-state index < -0.39 is 0 Å². The molecule has 2 aliphatic rings. The van der Waals surface area contributed by atoms with Crippen LogP contribution in [-0.2, 0) is 9.53 Å². The van der Waals surface area contributed by atoms with Gasteiger partial charge >= 0.3 is 0 Å². The van der Waals surface area contributed by atoms with Gasteiger partial charge in [-0.05, 0) is 44.2 Å². The van der Waals surface area contributed by atoms with Crippen LogP contribution < -0.4 is 4.74 Å². The lowest BCUT2D eigenvalue weighted by molar-refractivity contribution is -0.126. The zero-order valence-corrected chi connectivity index (χ0v) is 14.3. The SMILES string of the molecule is CC#Cc1cc(Cl)c(C2COCC3CCC(C3)C2=O)c(OC)c1. The molecule has 3 rings (SSSR count). The van der Waals surface area contributed by atoms with E-state index in [0.717, 1.165) is 37.0 Å². The molecule has 0 aromatic heterocycles. The highest BCUT2D eigenvalue weighted by Crippen LogP contribution is 2.42. The number of Topliss-reactive ketones (excluding diaryl/α,β-unsaturated/α-hetero) is 1. The van der Waals surface area contributed by atoms with Gasteiger partial charge in [-0.2, -0.15) is 0 Å². The van der Waals surface area contributed by atoms with Gasteiger partial charge < -0.3 is 9.47 Å². The highest BCUT2D eigenvalue weighted by atomic mass is 35.5. The predicted octanol–water partition coefficient (Wildman–Crippen LogP) is 3.82. The van der Waals surface area contributed by atoms with Crippen LogP contribution in [0.5, 0.6) is 5.75 Å². The maximum atomic E-state index is 13.0. The van der Waals surface area contributed by atoms with Crippen molar-refractivity contribution < 1.29 is 14.3 Å². The summed E-state index contributed by atoms with van der Waals surface area (Å²) in [5.74, 6) is 7.00. The summed E-state index contributed by atoms with van der Waals surface area (Å²) in [6, 6.07) is 3.65. The number of fused-ring (bicyclic) bond motifs is 2. The number of halogens is 1. The van der Waals surface area contributed by atoms with Gasteiger partial charge in [-0.25, -0.2) is 0 Å². The Morgan fingerprint density at radius 2 is 2.13 bits per heavy atom. The molecule has 1 aliphatic carbocycles. The summed E-state index contributed by atoms with van der Waals surface area (Å²) in [4.78, 5) is 13.0. The van der Waals surface area contributed by atoms with Crippen molar-refractivity contribution in [3.8, 4) is 17.6 Å². The van der Waals surface area contributed by atoms with Gasteiger partial charge in [-0.15, -0.1) is 5.92 Å². The van der Waals surface area contributed by atoms with Crippen LogP contribution >= 0.6 is 11.6 Å². The standard InChI is InChI=1S/C19H21ClO3/c1-3-4-12-8-16(20)18(17(9-12)22-2)15-11-23-10-13-5-6-14(7-13)19(15)21/h8-9,13-15H,5-7,10-11H2,1-2H3. The van der Waals surface area contributed by atoms with Crippen molar-refractivity contribution in [2.24, 2.45) is 11.8 Å². The number of rotatable bonds is 2. The van der Waals surface area contributed by atoms with Crippen LogP contribution in [0.3, 0.4) is 0 Å². The van der Waals surface area contributed by atoms with Gasteiger partial charge in [-0.1, -0.05) is 17.5 Å². The average molecular weight is 333 g/mol. The number of benzene rings is 1. The second-order valence-electron chi connectivity index (χ2n) is 6.32. The van der Waals surface area contributed by atoms with Crippen molar-refractivity contribution in [3.05, 3.63) is 28.3 Å². The van der Waals surface area contributed by atoms with E-state index in [4.69, 9.17) is 21.1 Å². The molecule has 2 bridgehead atoms. The molecule has 2 fully saturated rings.